The van der Waals surface area contributed by atoms with Gasteiger partial charge in [-0.2, -0.15) is 0 Å². The first-order valence-corrected chi connectivity index (χ1v) is 6.78. The molecule has 1 aliphatic carbocycles. The Hall–Kier alpha value is -1.26. The van der Waals surface area contributed by atoms with Crippen LogP contribution in [0.3, 0.4) is 0 Å². The second-order valence-corrected chi connectivity index (χ2v) is 5.15. The van der Waals surface area contributed by atoms with E-state index in [4.69, 9.17) is 0 Å². The Morgan fingerprint density at radius 2 is 1.89 bits per heavy atom. The minimum atomic E-state index is -1.05. The van der Waals surface area contributed by atoms with Crippen molar-refractivity contribution in [2.24, 2.45) is 0 Å². The van der Waals surface area contributed by atoms with Gasteiger partial charge >= 0.3 is 12.0 Å². The number of carbonyl (C=O) groups excluding carboxylic acids is 1. The van der Waals surface area contributed by atoms with Crippen molar-refractivity contribution in [3.8, 4) is 0 Å². The van der Waals surface area contributed by atoms with Gasteiger partial charge in [0.25, 0.3) is 0 Å². The fourth-order valence-corrected chi connectivity index (χ4v) is 2.34. The first kappa shape index (κ1) is 14.8. The van der Waals surface area contributed by atoms with Crippen LogP contribution in [0.4, 0.5) is 4.79 Å². The van der Waals surface area contributed by atoms with Crippen LogP contribution in [0.25, 0.3) is 0 Å². The average molecular weight is 256 g/mol. The molecule has 2 N–H and O–H groups in total. The summed E-state index contributed by atoms with van der Waals surface area (Å²) in [6.45, 7) is 2.73. The van der Waals surface area contributed by atoms with Gasteiger partial charge in [0.1, 0.15) is 5.54 Å². The highest BCUT2D eigenvalue weighted by molar-refractivity contribution is 5.86. The molecule has 18 heavy (non-hydrogen) atoms. The van der Waals surface area contributed by atoms with Crippen molar-refractivity contribution in [1.82, 2.24) is 10.2 Å². The van der Waals surface area contributed by atoms with Gasteiger partial charge < -0.3 is 15.3 Å². The summed E-state index contributed by atoms with van der Waals surface area (Å²) >= 11 is 0. The molecule has 0 bridgehead atoms. The van der Waals surface area contributed by atoms with Crippen LogP contribution in [0.2, 0.25) is 0 Å². The van der Waals surface area contributed by atoms with Crippen molar-refractivity contribution in [3.05, 3.63) is 0 Å². The lowest BCUT2D eigenvalue weighted by atomic mass is 9.82. The van der Waals surface area contributed by atoms with E-state index in [1.165, 1.54) is 0 Å². The molecule has 0 aromatic heterocycles. The molecule has 0 unspecified atom stereocenters. The molecule has 1 rings (SSSR count). The third-order valence-corrected chi connectivity index (χ3v) is 3.66. The number of amides is 2. The Labute approximate surface area is 109 Å². The topological polar surface area (TPSA) is 69.6 Å². The molecule has 0 aliphatic heterocycles. The number of urea groups is 1. The number of nitrogens with zero attached hydrogens (tertiary/aromatic N) is 1. The van der Waals surface area contributed by atoms with Crippen LogP contribution in [-0.2, 0) is 4.79 Å². The molecule has 0 atom stereocenters. The monoisotopic (exact) mass is 256 g/mol. The zero-order valence-electron chi connectivity index (χ0n) is 11.4. The summed E-state index contributed by atoms with van der Waals surface area (Å²) in [7, 11) is 1.71. The molecular weight excluding hydrogens is 232 g/mol. The van der Waals surface area contributed by atoms with Gasteiger partial charge in [0.2, 0.25) is 0 Å². The van der Waals surface area contributed by atoms with Gasteiger partial charge in [-0.25, -0.2) is 9.59 Å². The van der Waals surface area contributed by atoms with Crippen molar-refractivity contribution in [2.45, 2.75) is 57.4 Å². The van der Waals surface area contributed by atoms with E-state index in [1.807, 2.05) is 0 Å². The normalized spacial score (nSPS) is 18.1. The zero-order valence-corrected chi connectivity index (χ0v) is 11.4. The minimum absolute atomic E-state index is 0.271. The minimum Gasteiger partial charge on any atom is -0.480 e. The molecule has 0 heterocycles. The Morgan fingerprint density at radius 1 is 1.28 bits per heavy atom. The maximum atomic E-state index is 12.0. The summed E-state index contributed by atoms with van der Waals surface area (Å²) in [5.74, 6) is -0.903. The van der Waals surface area contributed by atoms with Gasteiger partial charge in [0.15, 0.2) is 0 Å². The summed E-state index contributed by atoms with van der Waals surface area (Å²) in [6.07, 6.45) is 5.81. The van der Waals surface area contributed by atoms with Crippen LogP contribution in [-0.4, -0.2) is 41.1 Å². The van der Waals surface area contributed by atoms with Crippen LogP contribution >= 0.6 is 0 Å². The molecule has 5 heteroatoms. The molecule has 2 amide bonds. The smallest absolute Gasteiger partial charge is 0.329 e. The molecule has 0 aromatic rings. The van der Waals surface area contributed by atoms with Crippen LogP contribution in [0.5, 0.6) is 0 Å². The fraction of sp³-hybridized carbons (Fsp3) is 0.846. The zero-order chi connectivity index (χ0) is 13.6. The largest absolute Gasteiger partial charge is 0.480 e. The number of nitrogens with one attached hydrogen (secondary N) is 1. The number of hydrogen-bond donors (Lipinski definition) is 2. The number of carboxylic acids is 1. The Kier molecular flexibility index (Phi) is 5.44. The van der Waals surface area contributed by atoms with E-state index in [0.29, 0.717) is 19.4 Å². The Morgan fingerprint density at radius 3 is 2.39 bits per heavy atom. The second-order valence-electron chi connectivity index (χ2n) is 5.15. The number of unbranched alkanes of at least 4 members (excludes halogenated alkanes) is 1. The van der Waals surface area contributed by atoms with Gasteiger partial charge in [0.05, 0.1) is 0 Å². The van der Waals surface area contributed by atoms with Crippen molar-refractivity contribution in [2.75, 3.05) is 13.6 Å². The summed E-state index contributed by atoms with van der Waals surface area (Å²) in [5.41, 5.74) is -1.05. The van der Waals surface area contributed by atoms with Crippen molar-refractivity contribution in [3.63, 3.8) is 0 Å². The van der Waals surface area contributed by atoms with Crippen LogP contribution in [0, 0.1) is 0 Å². The van der Waals surface area contributed by atoms with Gasteiger partial charge in [-0.05, 0) is 19.3 Å². The maximum Gasteiger partial charge on any atom is 0.329 e. The lowest BCUT2D eigenvalue weighted by Gasteiger charge is -2.35. The highest BCUT2D eigenvalue weighted by atomic mass is 16.4. The number of hydrogen-bond acceptors (Lipinski definition) is 2. The van der Waals surface area contributed by atoms with Gasteiger partial charge in [0, 0.05) is 13.6 Å². The van der Waals surface area contributed by atoms with Crippen molar-refractivity contribution < 1.29 is 14.7 Å². The number of rotatable bonds is 5. The molecule has 104 valence electrons. The summed E-state index contributed by atoms with van der Waals surface area (Å²) < 4.78 is 0. The molecule has 0 radical (unpaired) electrons. The number of carbonyl (C=O) groups is 2. The Bertz CT molecular complexity index is 299. The SMILES string of the molecule is CCCCN(C)C(=O)NC1(C(=O)O)CCCCC1. The molecule has 1 aliphatic rings. The van der Waals surface area contributed by atoms with E-state index < -0.39 is 11.5 Å². The van der Waals surface area contributed by atoms with E-state index in [9.17, 15) is 14.7 Å². The first-order valence-electron chi connectivity index (χ1n) is 6.78. The average Bonchev–Trinajstić information content (AvgIpc) is 2.36. The predicted molar refractivity (Wildman–Crippen MR) is 69.5 cm³/mol. The highest BCUT2D eigenvalue weighted by Crippen LogP contribution is 2.28. The quantitative estimate of drug-likeness (QED) is 0.792. The summed E-state index contributed by atoms with van der Waals surface area (Å²) in [6, 6.07) is -0.271. The van der Waals surface area contributed by atoms with Gasteiger partial charge in [-0.1, -0.05) is 32.6 Å². The van der Waals surface area contributed by atoms with Crippen LogP contribution in [0.1, 0.15) is 51.9 Å². The molecule has 1 saturated carbocycles. The molecular formula is C13H24N2O3. The van der Waals surface area contributed by atoms with Crippen LogP contribution < -0.4 is 5.32 Å². The van der Waals surface area contributed by atoms with Crippen molar-refractivity contribution in [1.29, 1.82) is 0 Å². The fourth-order valence-electron chi connectivity index (χ4n) is 2.34. The molecule has 0 saturated heterocycles. The number of carboxylic acid groups (broad SMARTS) is 1. The number of aliphatic carboxylic acids is 1. The predicted octanol–water partition coefficient (Wildman–Crippen LogP) is 2.22. The summed E-state index contributed by atoms with van der Waals surface area (Å²) in [4.78, 5) is 25.0. The maximum absolute atomic E-state index is 12.0. The van der Waals surface area contributed by atoms with Gasteiger partial charge in [-0.15, -0.1) is 0 Å². The lowest BCUT2D eigenvalue weighted by Crippen LogP contribution is -2.58. The van der Waals surface area contributed by atoms with E-state index in [0.717, 1.165) is 32.1 Å². The second kappa shape index (κ2) is 6.61. The first-order chi connectivity index (χ1) is 8.52. The van der Waals surface area contributed by atoms with E-state index >= 15 is 0 Å². The summed E-state index contributed by atoms with van der Waals surface area (Å²) in [5, 5.41) is 12.1. The third kappa shape index (κ3) is 3.62. The molecule has 1 fully saturated rings. The molecule has 5 nitrogen and oxygen atoms in total. The standard InChI is InChI=1S/C13H24N2O3/c1-3-4-10-15(2)12(18)14-13(11(16)17)8-6-5-7-9-13/h3-10H2,1-2H3,(H,14,18)(H,16,17). The van der Waals surface area contributed by atoms with Gasteiger partial charge in [-0.3, -0.25) is 0 Å². The van der Waals surface area contributed by atoms with E-state index in [1.54, 1.807) is 11.9 Å². The molecule has 0 aromatic carbocycles. The molecule has 0 spiro atoms. The lowest BCUT2D eigenvalue weighted by molar-refractivity contribution is -0.145. The highest BCUT2D eigenvalue weighted by Gasteiger charge is 2.41. The van der Waals surface area contributed by atoms with E-state index in [2.05, 4.69) is 12.2 Å². The van der Waals surface area contributed by atoms with Crippen LogP contribution in [0.15, 0.2) is 0 Å². The van der Waals surface area contributed by atoms with E-state index in [-0.39, 0.29) is 6.03 Å². The Balaban J connectivity index is 2.60. The van der Waals surface area contributed by atoms with Crippen molar-refractivity contribution >= 4 is 12.0 Å². The third-order valence-electron chi connectivity index (χ3n) is 3.66.